The average Bonchev–Trinajstić information content (AvgIpc) is 2.85. The second kappa shape index (κ2) is 4.38. The lowest BCUT2D eigenvalue weighted by Gasteiger charge is -2.07. The number of imidazole rings is 1. The number of carbonyl (C=O) groups is 1. The van der Waals surface area contributed by atoms with E-state index in [1.54, 1.807) is 0 Å². The van der Waals surface area contributed by atoms with Crippen LogP contribution in [0.2, 0.25) is 0 Å². The molecule has 1 aromatic rings. The van der Waals surface area contributed by atoms with Crippen LogP contribution in [0.3, 0.4) is 0 Å². The highest BCUT2D eigenvalue weighted by Crippen LogP contribution is 2.29. The van der Waals surface area contributed by atoms with Crippen LogP contribution in [-0.4, -0.2) is 15.9 Å². The summed E-state index contributed by atoms with van der Waals surface area (Å²) in [5.74, 6) is -0.505. The van der Waals surface area contributed by atoms with Gasteiger partial charge in [0.2, 0.25) is 11.9 Å². The van der Waals surface area contributed by atoms with Crippen LogP contribution in [0.25, 0.3) is 0 Å². The van der Waals surface area contributed by atoms with Crippen molar-refractivity contribution in [1.82, 2.24) is 9.97 Å². The number of H-pyrrole nitrogens is 1. The zero-order valence-electron chi connectivity index (χ0n) is 8.97. The lowest BCUT2D eigenvalue weighted by molar-refractivity contribution is -0.140. The summed E-state index contributed by atoms with van der Waals surface area (Å²) < 4.78 is 36.8. The fourth-order valence-electron chi connectivity index (χ4n) is 1.94. The van der Waals surface area contributed by atoms with Gasteiger partial charge in [-0.3, -0.25) is 10.1 Å². The molecule has 0 unspecified atom stereocenters. The molecule has 0 aromatic carbocycles. The molecule has 0 aliphatic heterocycles. The smallest absolute Gasteiger partial charge is 0.320 e. The number of nitrogens with one attached hydrogen (secondary N) is 2. The van der Waals surface area contributed by atoms with Crippen molar-refractivity contribution in [2.75, 3.05) is 5.32 Å². The van der Waals surface area contributed by atoms with Crippen LogP contribution >= 0.6 is 0 Å². The number of amides is 1. The second-order valence-electron chi connectivity index (χ2n) is 4.11. The third kappa shape index (κ3) is 2.78. The number of alkyl halides is 3. The molecule has 1 heterocycles. The van der Waals surface area contributed by atoms with Crippen molar-refractivity contribution < 1.29 is 18.0 Å². The summed E-state index contributed by atoms with van der Waals surface area (Å²) in [5, 5.41) is 2.37. The Morgan fingerprint density at radius 3 is 2.59 bits per heavy atom. The summed E-state index contributed by atoms with van der Waals surface area (Å²) in [7, 11) is 0. The van der Waals surface area contributed by atoms with Gasteiger partial charge in [-0.1, -0.05) is 12.8 Å². The zero-order chi connectivity index (χ0) is 12.5. The molecule has 0 radical (unpaired) electrons. The van der Waals surface area contributed by atoms with Gasteiger partial charge in [-0.15, -0.1) is 0 Å². The quantitative estimate of drug-likeness (QED) is 0.843. The van der Waals surface area contributed by atoms with Gasteiger partial charge in [0.25, 0.3) is 0 Å². The summed E-state index contributed by atoms with van der Waals surface area (Å²) in [6.07, 6.45) is -0.237. The average molecular weight is 247 g/mol. The fraction of sp³-hybridized carbons (Fsp3) is 0.600. The number of anilines is 1. The Morgan fingerprint density at radius 1 is 1.41 bits per heavy atom. The Kier molecular flexibility index (Phi) is 3.08. The van der Waals surface area contributed by atoms with E-state index in [0.717, 1.165) is 25.7 Å². The molecule has 94 valence electrons. The topological polar surface area (TPSA) is 57.8 Å². The highest BCUT2D eigenvalue weighted by Gasteiger charge is 2.33. The first-order valence-corrected chi connectivity index (χ1v) is 5.40. The summed E-state index contributed by atoms with van der Waals surface area (Å²) >= 11 is 0. The molecule has 2 rings (SSSR count). The molecule has 1 amide bonds. The van der Waals surface area contributed by atoms with E-state index in [4.69, 9.17) is 0 Å². The summed E-state index contributed by atoms with van der Waals surface area (Å²) in [6, 6.07) is 0. The van der Waals surface area contributed by atoms with E-state index in [-0.39, 0.29) is 17.8 Å². The van der Waals surface area contributed by atoms with Crippen molar-refractivity contribution >= 4 is 11.9 Å². The van der Waals surface area contributed by atoms with Crippen molar-refractivity contribution in [3.8, 4) is 0 Å². The van der Waals surface area contributed by atoms with E-state index in [1.165, 1.54) is 0 Å². The van der Waals surface area contributed by atoms with Crippen LogP contribution < -0.4 is 5.32 Å². The molecule has 1 aliphatic rings. The standard InChI is InChI=1S/C10H12F3N3O/c11-10(12,13)7-5-14-9(15-7)16-8(17)6-3-1-2-4-6/h5-6H,1-4H2,(H2,14,15,16,17). The molecule has 17 heavy (non-hydrogen) atoms. The maximum atomic E-state index is 12.3. The first-order valence-electron chi connectivity index (χ1n) is 5.40. The van der Waals surface area contributed by atoms with Gasteiger partial charge >= 0.3 is 6.18 Å². The minimum Gasteiger partial charge on any atom is -0.320 e. The minimum absolute atomic E-state index is 0.102. The number of nitrogens with zero attached hydrogens (tertiary/aromatic N) is 1. The van der Waals surface area contributed by atoms with Crippen LogP contribution in [0.5, 0.6) is 0 Å². The van der Waals surface area contributed by atoms with Gasteiger partial charge in [0.05, 0.1) is 6.20 Å². The van der Waals surface area contributed by atoms with Crippen molar-refractivity contribution in [2.45, 2.75) is 31.9 Å². The number of hydrogen-bond donors (Lipinski definition) is 2. The monoisotopic (exact) mass is 247 g/mol. The lowest BCUT2D eigenvalue weighted by atomic mass is 10.1. The van der Waals surface area contributed by atoms with E-state index < -0.39 is 11.9 Å². The molecule has 2 N–H and O–H groups in total. The third-order valence-corrected chi connectivity index (χ3v) is 2.85. The van der Waals surface area contributed by atoms with Gasteiger partial charge < -0.3 is 4.98 Å². The number of aromatic nitrogens is 2. The molecular weight excluding hydrogens is 235 g/mol. The predicted octanol–water partition coefficient (Wildman–Crippen LogP) is 2.56. The summed E-state index contributed by atoms with van der Waals surface area (Å²) in [5.41, 5.74) is -0.959. The SMILES string of the molecule is O=C(Nc1ncc(C(F)(F)F)[nH]1)C1CCCC1. The Hall–Kier alpha value is -1.53. The van der Waals surface area contributed by atoms with E-state index >= 15 is 0 Å². The Morgan fingerprint density at radius 2 is 2.06 bits per heavy atom. The van der Waals surface area contributed by atoms with Gasteiger partial charge in [-0.2, -0.15) is 13.2 Å². The number of aromatic amines is 1. The third-order valence-electron chi connectivity index (χ3n) is 2.85. The zero-order valence-corrected chi connectivity index (χ0v) is 8.97. The van der Waals surface area contributed by atoms with Crippen LogP contribution in [-0.2, 0) is 11.0 Å². The van der Waals surface area contributed by atoms with E-state index in [2.05, 4.69) is 10.3 Å². The van der Waals surface area contributed by atoms with Crippen molar-refractivity contribution in [1.29, 1.82) is 0 Å². The van der Waals surface area contributed by atoms with E-state index in [1.807, 2.05) is 4.98 Å². The van der Waals surface area contributed by atoms with E-state index in [0.29, 0.717) is 6.20 Å². The highest BCUT2D eigenvalue weighted by molar-refractivity contribution is 5.91. The van der Waals surface area contributed by atoms with Gasteiger partial charge in [0.15, 0.2) is 0 Å². The van der Waals surface area contributed by atoms with Gasteiger partial charge in [0, 0.05) is 5.92 Å². The van der Waals surface area contributed by atoms with Crippen LogP contribution in [0.15, 0.2) is 6.20 Å². The molecule has 0 saturated heterocycles. The molecular formula is C10H12F3N3O. The maximum absolute atomic E-state index is 12.3. The molecule has 1 saturated carbocycles. The fourth-order valence-corrected chi connectivity index (χ4v) is 1.94. The van der Waals surface area contributed by atoms with Crippen LogP contribution in [0.1, 0.15) is 31.4 Å². The van der Waals surface area contributed by atoms with Crippen molar-refractivity contribution in [3.05, 3.63) is 11.9 Å². The lowest BCUT2D eigenvalue weighted by Crippen LogP contribution is -2.21. The Bertz CT molecular complexity index is 407. The maximum Gasteiger partial charge on any atom is 0.432 e. The molecule has 0 bridgehead atoms. The predicted molar refractivity (Wildman–Crippen MR) is 54.2 cm³/mol. The van der Waals surface area contributed by atoms with Gasteiger partial charge in [-0.05, 0) is 12.8 Å². The van der Waals surface area contributed by atoms with Gasteiger partial charge in [0.1, 0.15) is 5.69 Å². The number of hydrogen-bond acceptors (Lipinski definition) is 2. The number of carbonyl (C=O) groups excluding carboxylic acids is 1. The van der Waals surface area contributed by atoms with Crippen LogP contribution in [0.4, 0.5) is 19.1 Å². The molecule has 4 nitrogen and oxygen atoms in total. The molecule has 0 atom stereocenters. The molecule has 7 heteroatoms. The first kappa shape index (κ1) is 11.9. The minimum atomic E-state index is -4.47. The molecule has 1 aliphatic carbocycles. The van der Waals surface area contributed by atoms with Crippen LogP contribution in [0, 0.1) is 5.92 Å². The summed E-state index contributed by atoms with van der Waals surface area (Å²) in [6.45, 7) is 0. The van der Waals surface area contributed by atoms with Crippen molar-refractivity contribution in [3.63, 3.8) is 0 Å². The van der Waals surface area contributed by atoms with E-state index in [9.17, 15) is 18.0 Å². The molecule has 1 aromatic heterocycles. The number of rotatable bonds is 2. The first-order chi connectivity index (χ1) is 7.97. The summed E-state index contributed by atoms with van der Waals surface area (Å²) in [4.78, 5) is 17.1. The largest absolute Gasteiger partial charge is 0.432 e. The van der Waals surface area contributed by atoms with Crippen molar-refractivity contribution in [2.24, 2.45) is 5.92 Å². The number of halogens is 3. The molecule has 1 fully saturated rings. The molecule has 0 spiro atoms. The highest BCUT2D eigenvalue weighted by atomic mass is 19.4. The van der Waals surface area contributed by atoms with Gasteiger partial charge in [-0.25, -0.2) is 4.98 Å². The Balaban J connectivity index is 1.99. The second-order valence-corrected chi connectivity index (χ2v) is 4.11. The Labute approximate surface area is 95.6 Å². The normalized spacial score (nSPS) is 17.4.